The van der Waals surface area contributed by atoms with Crippen molar-refractivity contribution in [3.63, 3.8) is 0 Å². The first-order valence-electron chi connectivity index (χ1n) is 8.39. The summed E-state index contributed by atoms with van der Waals surface area (Å²) in [6.45, 7) is 5.53. The molecule has 8 heteroatoms. The molecule has 1 aliphatic heterocycles. The minimum absolute atomic E-state index is 0.0404. The van der Waals surface area contributed by atoms with Gasteiger partial charge in [-0.15, -0.1) is 0 Å². The van der Waals surface area contributed by atoms with Gasteiger partial charge in [-0.2, -0.15) is 0 Å². The lowest BCUT2D eigenvalue weighted by Gasteiger charge is -2.39. The molecule has 144 valence electrons. The van der Waals surface area contributed by atoms with Gasteiger partial charge >= 0.3 is 0 Å². The molecule has 0 bridgehead atoms. The number of ether oxygens (including phenoxy) is 2. The van der Waals surface area contributed by atoms with Gasteiger partial charge in [0.25, 0.3) is 10.0 Å². The molecule has 0 radical (unpaired) electrons. The third-order valence-corrected chi connectivity index (χ3v) is 5.54. The van der Waals surface area contributed by atoms with Crippen molar-refractivity contribution in [2.45, 2.75) is 31.3 Å². The number of anilines is 2. The average Bonchev–Trinajstić information content (AvgIpc) is 2.59. The molecule has 2 aromatic rings. The molecule has 0 aromatic heterocycles. The van der Waals surface area contributed by atoms with Crippen LogP contribution in [0, 0.1) is 0 Å². The molecule has 0 saturated carbocycles. The predicted molar refractivity (Wildman–Crippen MR) is 103 cm³/mol. The van der Waals surface area contributed by atoms with Gasteiger partial charge in [0.2, 0.25) is 5.91 Å². The largest absolute Gasteiger partial charge is 0.497 e. The van der Waals surface area contributed by atoms with E-state index < -0.39 is 15.6 Å². The van der Waals surface area contributed by atoms with Gasteiger partial charge in [0.1, 0.15) is 17.1 Å². The Hall–Kier alpha value is -2.74. The Morgan fingerprint density at radius 1 is 1.22 bits per heavy atom. The Bertz CT molecular complexity index is 985. The van der Waals surface area contributed by atoms with Crippen LogP contribution < -0.4 is 19.1 Å². The van der Waals surface area contributed by atoms with Crippen LogP contribution in [0.4, 0.5) is 11.4 Å². The molecule has 1 aliphatic rings. The normalized spacial score (nSPS) is 15.5. The fraction of sp³-hybridized carbons (Fsp3) is 0.316. The molecule has 0 spiro atoms. The van der Waals surface area contributed by atoms with Crippen molar-refractivity contribution in [1.29, 1.82) is 0 Å². The summed E-state index contributed by atoms with van der Waals surface area (Å²) in [5, 5.41) is 0. The fourth-order valence-corrected chi connectivity index (χ4v) is 4.01. The molecule has 2 aromatic carbocycles. The van der Waals surface area contributed by atoms with Crippen molar-refractivity contribution >= 4 is 27.3 Å². The van der Waals surface area contributed by atoms with Crippen LogP contribution >= 0.6 is 0 Å². The van der Waals surface area contributed by atoms with Gasteiger partial charge in [-0.1, -0.05) is 6.07 Å². The summed E-state index contributed by atoms with van der Waals surface area (Å²) in [5.74, 6) is 0.837. The van der Waals surface area contributed by atoms with Crippen LogP contribution in [0.5, 0.6) is 11.5 Å². The van der Waals surface area contributed by atoms with Gasteiger partial charge < -0.3 is 14.4 Å². The first kappa shape index (κ1) is 19.0. The van der Waals surface area contributed by atoms with Gasteiger partial charge in [0.05, 0.1) is 29.9 Å². The van der Waals surface area contributed by atoms with Crippen molar-refractivity contribution in [2.24, 2.45) is 0 Å². The lowest BCUT2D eigenvalue weighted by molar-refractivity contribution is -0.117. The Balaban J connectivity index is 1.98. The topological polar surface area (TPSA) is 84.9 Å². The van der Waals surface area contributed by atoms with E-state index in [1.165, 1.54) is 31.1 Å². The van der Waals surface area contributed by atoms with Crippen molar-refractivity contribution in [2.75, 3.05) is 23.3 Å². The Morgan fingerprint density at radius 2 is 1.96 bits per heavy atom. The summed E-state index contributed by atoms with van der Waals surface area (Å²) in [5.41, 5.74) is 0.265. The van der Waals surface area contributed by atoms with E-state index in [9.17, 15) is 13.2 Å². The second-order valence-corrected chi connectivity index (χ2v) is 8.62. The molecular weight excluding hydrogens is 368 g/mol. The number of methoxy groups -OCH3 is 1. The van der Waals surface area contributed by atoms with Gasteiger partial charge in [-0.25, -0.2) is 8.42 Å². The number of sulfonamides is 1. The summed E-state index contributed by atoms with van der Waals surface area (Å²) in [6, 6.07) is 11.1. The SMILES string of the molecule is COc1cccc(NS(=O)(=O)c2ccc3c(c2)N(C(C)=O)CC(C)(C)O3)c1. The number of benzene rings is 2. The van der Waals surface area contributed by atoms with Crippen molar-refractivity contribution < 1.29 is 22.7 Å². The number of fused-ring (bicyclic) bond motifs is 1. The maximum absolute atomic E-state index is 12.8. The number of carbonyl (C=O) groups is 1. The predicted octanol–water partition coefficient (Wildman–Crippen LogP) is 3.02. The third-order valence-electron chi connectivity index (χ3n) is 4.16. The molecule has 1 heterocycles. The molecule has 0 fully saturated rings. The van der Waals surface area contributed by atoms with Crippen molar-refractivity contribution in [1.82, 2.24) is 0 Å². The lowest BCUT2D eigenvalue weighted by Crippen LogP contribution is -2.48. The number of carbonyl (C=O) groups excluding carboxylic acids is 1. The van der Waals surface area contributed by atoms with Crippen molar-refractivity contribution in [3.05, 3.63) is 42.5 Å². The van der Waals surface area contributed by atoms with Crippen LogP contribution in [-0.4, -0.2) is 33.6 Å². The smallest absolute Gasteiger partial charge is 0.261 e. The van der Waals surface area contributed by atoms with Crippen LogP contribution in [0.15, 0.2) is 47.4 Å². The van der Waals surface area contributed by atoms with Crippen LogP contribution in [0.2, 0.25) is 0 Å². The number of hydrogen-bond donors (Lipinski definition) is 1. The number of rotatable bonds is 4. The van der Waals surface area contributed by atoms with Gasteiger partial charge in [0.15, 0.2) is 0 Å². The summed E-state index contributed by atoms with van der Waals surface area (Å²) in [4.78, 5) is 13.6. The van der Waals surface area contributed by atoms with E-state index in [2.05, 4.69) is 4.72 Å². The highest BCUT2D eigenvalue weighted by Crippen LogP contribution is 2.38. The van der Waals surface area contributed by atoms with E-state index >= 15 is 0 Å². The minimum atomic E-state index is -3.85. The lowest BCUT2D eigenvalue weighted by atomic mass is 10.1. The van der Waals surface area contributed by atoms with Crippen LogP contribution in [0.25, 0.3) is 0 Å². The Kier molecular flexibility index (Phi) is 4.77. The van der Waals surface area contributed by atoms with E-state index in [-0.39, 0.29) is 10.8 Å². The number of hydrogen-bond acceptors (Lipinski definition) is 5. The molecule has 0 saturated heterocycles. The maximum Gasteiger partial charge on any atom is 0.261 e. The number of amides is 1. The van der Waals surface area contributed by atoms with Gasteiger partial charge in [-0.05, 0) is 44.2 Å². The molecule has 1 amide bonds. The van der Waals surface area contributed by atoms with Gasteiger partial charge in [-0.3, -0.25) is 9.52 Å². The van der Waals surface area contributed by atoms with E-state index in [0.29, 0.717) is 29.4 Å². The molecule has 7 nitrogen and oxygen atoms in total. The first-order chi connectivity index (χ1) is 12.6. The summed E-state index contributed by atoms with van der Waals surface area (Å²) in [6.07, 6.45) is 0. The molecule has 1 N–H and O–H groups in total. The number of nitrogens with one attached hydrogen (secondary N) is 1. The zero-order valence-electron chi connectivity index (χ0n) is 15.6. The zero-order chi connectivity index (χ0) is 19.8. The molecule has 27 heavy (non-hydrogen) atoms. The summed E-state index contributed by atoms with van der Waals surface area (Å²) in [7, 11) is -2.34. The zero-order valence-corrected chi connectivity index (χ0v) is 16.5. The minimum Gasteiger partial charge on any atom is -0.497 e. The highest BCUT2D eigenvalue weighted by molar-refractivity contribution is 7.92. The molecule has 0 aliphatic carbocycles. The first-order valence-corrected chi connectivity index (χ1v) is 9.88. The van der Waals surface area contributed by atoms with Gasteiger partial charge in [0, 0.05) is 13.0 Å². The monoisotopic (exact) mass is 390 g/mol. The quantitative estimate of drug-likeness (QED) is 0.867. The molecule has 0 unspecified atom stereocenters. The number of nitrogens with zero attached hydrogens (tertiary/aromatic N) is 1. The highest BCUT2D eigenvalue weighted by atomic mass is 32.2. The fourth-order valence-electron chi connectivity index (χ4n) is 2.94. The summed E-state index contributed by atoms with van der Waals surface area (Å²) < 4.78 is 39.1. The van der Waals surface area contributed by atoms with E-state index in [0.717, 1.165) is 0 Å². The second-order valence-electron chi connectivity index (χ2n) is 6.93. The van der Waals surface area contributed by atoms with E-state index in [1.54, 1.807) is 30.3 Å². The highest BCUT2D eigenvalue weighted by Gasteiger charge is 2.34. The second kappa shape index (κ2) is 6.77. The van der Waals surface area contributed by atoms with Crippen LogP contribution in [0.3, 0.4) is 0 Å². The van der Waals surface area contributed by atoms with E-state index in [1.807, 2.05) is 13.8 Å². The molecular formula is C19H22N2O5S. The Morgan fingerprint density at radius 3 is 2.63 bits per heavy atom. The van der Waals surface area contributed by atoms with Crippen molar-refractivity contribution in [3.8, 4) is 11.5 Å². The third kappa shape index (κ3) is 4.00. The van der Waals surface area contributed by atoms with E-state index in [4.69, 9.17) is 9.47 Å². The Labute approximate surface area is 158 Å². The maximum atomic E-state index is 12.8. The molecule has 3 rings (SSSR count). The molecule has 0 atom stereocenters. The van der Waals surface area contributed by atoms with Crippen LogP contribution in [-0.2, 0) is 14.8 Å². The van der Waals surface area contributed by atoms with Crippen LogP contribution in [0.1, 0.15) is 20.8 Å². The average molecular weight is 390 g/mol. The standard InChI is InChI=1S/C19H22N2O5S/c1-13(22)21-12-19(2,3)26-18-9-8-16(11-17(18)21)27(23,24)20-14-6-5-7-15(10-14)25-4/h5-11,20H,12H2,1-4H3. The summed E-state index contributed by atoms with van der Waals surface area (Å²) >= 11 is 0.